The van der Waals surface area contributed by atoms with E-state index in [-0.39, 0.29) is 6.04 Å². The Labute approximate surface area is 131 Å². The van der Waals surface area contributed by atoms with Crippen LogP contribution in [-0.2, 0) is 0 Å². The van der Waals surface area contributed by atoms with Gasteiger partial charge >= 0.3 is 0 Å². The summed E-state index contributed by atoms with van der Waals surface area (Å²) in [5.41, 5.74) is 3.61. The number of nitrogens with two attached hydrogens (primary N) is 1. The number of fused-ring (bicyclic) bond motifs is 1. The number of rotatable bonds is 9. The van der Waals surface area contributed by atoms with E-state index in [9.17, 15) is 0 Å². The Kier molecular flexibility index (Phi) is 6.55. The van der Waals surface area contributed by atoms with Crippen molar-refractivity contribution in [2.45, 2.75) is 57.9 Å². The molecule has 116 valence electrons. The monoisotopic (exact) mass is 308 g/mol. The quantitative estimate of drug-likeness (QED) is 0.373. The highest BCUT2D eigenvalue weighted by Crippen LogP contribution is 2.30. The van der Waals surface area contributed by atoms with E-state index in [1.807, 2.05) is 24.3 Å². The highest BCUT2D eigenvalue weighted by atomic mass is 35.5. The summed E-state index contributed by atoms with van der Waals surface area (Å²) < 4.78 is 5.87. The number of furan rings is 1. The minimum Gasteiger partial charge on any atom is -0.458 e. The summed E-state index contributed by atoms with van der Waals surface area (Å²) in [6.07, 6.45) is 8.64. The topological polar surface area (TPSA) is 51.2 Å². The number of para-hydroxylation sites is 1. The number of hydrazine groups is 1. The van der Waals surface area contributed by atoms with Crippen LogP contribution in [0.5, 0.6) is 0 Å². The lowest BCUT2D eigenvalue weighted by atomic mass is 10.0. The van der Waals surface area contributed by atoms with Gasteiger partial charge in [0.25, 0.3) is 0 Å². The predicted molar refractivity (Wildman–Crippen MR) is 89.3 cm³/mol. The number of halogens is 1. The normalized spacial score (nSPS) is 12.9. The molecule has 0 aliphatic carbocycles. The van der Waals surface area contributed by atoms with Crippen LogP contribution in [0.15, 0.2) is 28.7 Å². The second-order valence-corrected chi connectivity index (χ2v) is 5.99. The predicted octanol–water partition coefficient (Wildman–Crippen LogP) is 5.34. The van der Waals surface area contributed by atoms with Crippen LogP contribution < -0.4 is 11.3 Å². The van der Waals surface area contributed by atoms with Crippen molar-refractivity contribution in [2.24, 2.45) is 5.84 Å². The standard InChI is InChI=1S/C17H25ClN2O/c1-2-3-4-5-6-7-11-15(20-19)16-12-13-9-8-10-14(18)17(13)21-16/h8-10,12,15,20H,2-7,11,19H2,1H3. The molecule has 0 spiro atoms. The van der Waals surface area contributed by atoms with Crippen molar-refractivity contribution in [1.29, 1.82) is 0 Å². The van der Waals surface area contributed by atoms with Gasteiger partial charge in [-0.05, 0) is 18.6 Å². The fourth-order valence-corrected chi connectivity index (χ4v) is 2.88. The van der Waals surface area contributed by atoms with Gasteiger partial charge in [-0.1, -0.05) is 69.2 Å². The second kappa shape index (κ2) is 8.42. The lowest BCUT2D eigenvalue weighted by Crippen LogP contribution is -2.27. The van der Waals surface area contributed by atoms with Gasteiger partial charge in [-0.3, -0.25) is 5.84 Å². The summed E-state index contributed by atoms with van der Waals surface area (Å²) in [6, 6.07) is 7.87. The maximum Gasteiger partial charge on any atom is 0.152 e. The summed E-state index contributed by atoms with van der Waals surface area (Å²) in [5, 5.41) is 1.68. The zero-order valence-corrected chi connectivity index (χ0v) is 13.5. The van der Waals surface area contributed by atoms with Crippen LogP contribution in [0, 0.1) is 0 Å². The maximum atomic E-state index is 6.15. The van der Waals surface area contributed by atoms with E-state index in [4.69, 9.17) is 21.9 Å². The van der Waals surface area contributed by atoms with Crippen LogP contribution in [0.2, 0.25) is 5.02 Å². The largest absolute Gasteiger partial charge is 0.458 e. The van der Waals surface area contributed by atoms with Gasteiger partial charge < -0.3 is 4.42 Å². The third-order valence-corrected chi connectivity index (χ3v) is 4.20. The van der Waals surface area contributed by atoms with E-state index in [1.54, 1.807) is 0 Å². The smallest absolute Gasteiger partial charge is 0.152 e. The molecule has 1 aromatic carbocycles. The Morgan fingerprint density at radius 3 is 2.67 bits per heavy atom. The molecule has 0 saturated heterocycles. The zero-order chi connectivity index (χ0) is 15.1. The lowest BCUT2D eigenvalue weighted by molar-refractivity contribution is 0.402. The fraction of sp³-hybridized carbons (Fsp3) is 0.529. The molecule has 3 N–H and O–H groups in total. The van der Waals surface area contributed by atoms with Gasteiger partial charge in [0.1, 0.15) is 5.76 Å². The van der Waals surface area contributed by atoms with Crippen LogP contribution in [0.25, 0.3) is 11.0 Å². The Bertz CT molecular complexity index is 553. The molecule has 0 saturated carbocycles. The number of benzene rings is 1. The third-order valence-electron chi connectivity index (χ3n) is 3.91. The van der Waals surface area contributed by atoms with Gasteiger partial charge in [0.2, 0.25) is 0 Å². The minimum absolute atomic E-state index is 0.0552. The molecular weight excluding hydrogens is 284 g/mol. The summed E-state index contributed by atoms with van der Waals surface area (Å²) in [6.45, 7) is 2.24. The van der Waals surface area contributed by atoms with E-state index in [0.717, 1.165) is 29.6 Å². The SMILES string of the molecule is CCCCCCCCC(NN)c1cc2cccc(Cl)c2o1. The van der Waals surface area contributed by atoms with Gasteiger partial charge in [0.05, 0.1) is 11.1 Å². The van der Waals surface area contributed by atoms with Gasteiger partial charge in [0.15, 0.2) is 5.58 Å². The molecule has 0 fully saturated rings. The maximum absolute atomic E-state index is 6.15. The first-order chi connectivity index (χ1) is 10.3. The molecule has 2 rings (SSSR count). The lowest BCUT2D eigenvalue weighted by Gasteiger charge is -2.12. The zero-order valence-electron chi connectivity index (χ0n) is 12.7. The minimum atomic E-state index is 0.0552. The molecule has 21 heavy (non-hydrogen) atoms. The van der Waals surface area contributed by atoms with Gasteiger partial charge in [-0.25, -0.2) is 5.43 Å². The molecule has 0 aliphatic rings. The Morgan fingerprint density at radius 1 is 1.19 bits per heavy atom. The van der Waals surface area contributed by atoms with Crippen LogP contribution in [0.3, 0.4) is 0 Å². The summed E-state index contributed by atoms with van der Waals surface area (Å²) in [4.78, 5) is 0. The van der Waals surface area contributed by atoms with E-state index >= 15 is 0 Å². The highest BCUT2D eigenvalue weighted by molar-refractivity contribution is 6.34. The number of unbranched alkanes of at least 4 members (excludes halogenated alkanes) is 5. The van der Waals surface area contributed by atoms with Gasteiger partial charge in [-0.15, -0.1) is 0 Å². The Hall–Kier alpha value is -1.03. The molecule has 4 heteroatoms. The third kappa shape index (κ3) is 4.47. The Morgan fingerprint density at radius 2 is 1.95 bits per heavy atom. The first-order valence-corrected chi connectivity index (χ1v) is 8.28. The van der Waals surface area contributed by atoms with Crippen LogP contribution in [-0.4, -0.2) is 0 Å². The van der Waals surface area contributed by atoms with E-state index in [1.165, 1.54) is 32.1 Å². The fourth-order valence-electron chi connectivity index (χ4n) is 2.66. The van der Waals surface area contributed by atoms with Gasteiger partial charge in [0, 0.05) is 5.39 Å². The van der Waals surface area contributed by atoms with Crippen LogP contribution >= 0.6 is 11.6 Å². The van der Waals surface area contributed by atoms with Crippen molar-refractivity contribution in [1.82, 2.24) is 5.43 Å². The molecule has 2 aromatic rings. The molecule has 3 nitrogen and oxygen atoms in total. The average molecular weight is 309 g/mol. The molecular formula is C17H25ClN2O. The first kappa shape index (κ1) is 16.3. The van der Waals surface area contributed by atoms with E-state index in [0.29, 0.717) is 5.02 Å². The summed E-state index contributed by atoms with van der Waals surface area (Å²) in [7, 11) is 0. The van der Waals surface area contributed by atoms with Crippen molar-refractivity contribution in [2.75, 3.05) is 0 Å². The molecule has 0 bridgehead atoms. The number of nitrogens with one attached hydrogen (secondary N) is 1. The Balaban J connectivity index is 1.91. The van der Waals surface area contributed by atoms with E-state index < -0.39 is 0 Å². The molecule has 1 atom stereocenters. The molecule has 1 heterocycles. The molecule has 0 amide bonds. The number of hydrogen-bond donors (Lipinski definition) is 2. The van der Waals surface area contributed by atoms with Crippen LogP contribution in [0.1, 0.15) is 63.7 Å². The van der Waals surface area contributed by atoms with Crippen molar-refractivity contribution in [3.05, 3.63) is 35.0 Å². The van der Waals surface area contributed by atoms with Crippen molar-refractivity contribution >= 4 is 22.6 Å². The first-order valence-electron chi connectivity index (χ1n) is 7.90. The van der Waals surface area contributed by atoms with Crippen molar-refractivity contribution in [3.8, 4) is 0 Å². The summed E-state index contributed by atoms with van der Waals surface area (Å²) in [5.74, 6) is 6.55. The molecule has 1 unspecified atom stereocenters. The second-order valence-electron chi connectivity index (χ2n) is 5.58. The van der Waals surface area contributed by atoms with E-state index in [2.05, 4.69) is 12.3 Å². The number of hydrogen-bond acceptors (Lipinski definition) is 3. The van der Waals surface area contributed by atoms with Gasteiger partial charge in [-0.2, -0.15) is 0 Å². The molecule has 0 radical (unpaired) electrons. The van der Waals surface area contributed by atoms with Crippen molar-refractivity contribution in [3.63, 3.8) is 0 Å². The molecule has 0 aliphatic heterocycles. The van der Waals surface area contributed by atoms with Crippen molar-refractivity contribution < 1.29 is 4.42 Å². The van der Waals surface area contributed by atoms with Crippen LogP contribution in [0.4, 0.5) is 0 Å². The molecule has 1 aromatic heterocycles. The average Bonchev–Trinajstić information content (AvgIpc) is 2.92. The summed E-state index contributed by atoms with van der Waals surface area (Å²) >= 11 is 6.15. The highest BCUT2D eigenvalue weighted by Gasteiger charge is 2.15.